The topological polar surface area (TPSA) is 74.2 Å². The van der Waals surface area contributed by atoms with Crippen LogP contribution in [-0.2, 0) is 23.4 Å². The fourth-order valence-corrected chi connectivity index (χ4v) is 4.79. The van der Waals surface area contributed by atoms with Gasteiger partial charge in [0.1, 0.15) is 6.10 Å². The van der Waals surface area contributed by atoms with Crippen molar-refractivity contribution in [3.8, 4) is 0 Å². The van der Waals surface area contributed by atoms with E-state index in [1.54, 1.807) is 6.92 Å². The molecule has 6 nitrogen and oxygen atoms in total. The maximum absolute atomic E-state index is 11.8. The molecule has 0 saturated carbocycles. The monoisotopic (exact) mass is 452 g/mol. The first-order chi connectivity index (χ1) is 14.3. The molecule has 1 fully saturated rings. The summed E-state index contributed by atoms with van der Waals surface area (Å²) in [7, 11) is -2.14. The van der Waals surface area contributed by atoms with Crippen molar-refractivity contribution >= 4 is 14.3 Å². The van der Waals surface area contributed by atoms with E-state index in [1.165, 1.54) is 0 Å². The van der Waals surface area contributed by atoms with E-state index in [4.69, 9.17) is 18.6 Å². The first-order valence-electron chi connectivity index (χ1n) is 11.2. The normalized spacial score (nSPS) is 23.4. The van der Waals surface area contributed by atoms with Gasteiger partial charge in [0.25, 0.3) is 0 Å². The van der Waals surface area contributed by atoms with Crippen LogP contribution >= 0.6 is 0 Å². The lowest BCUT2D eigenvalue weighted by Crippen LogP contribution is -2.46. The third-order valence-electron chi connectivity index (χ3n) is 6.09. The number of rotatable bonds is 9. The molecular weight excluding hydrogens is 412 g/mol. The summed E-state index contributed by atoms with van der Waals surface area (Å²) in [6.07, 6.45) is -1.87. The van der Waals surface area contributed by atoms with Crippen LogP contribution in [0.5, 0.6) is 0 Å². The van der Waals surface area contributed by atoms with Gasteiger partial charge >= 0.3 is 5.97 Å². The van der Waals surface area contributed by atoms with Crippen molar-refractivity contribution in [1.29, 1.82) is 0 Å². The number of aliphatic hydroxyl groups excluding tert-OH is 1. The number of aliphatic hydroxyl groups is 1. The smallest absolute Gasteiger partial charge is 0.308 e. The molecule has 0 aromatic heterocycles. The summed E-state index contributed by atoms with van der Waals surface area (Å²) >= 11 is 0. The van der Waals surface area contributed by atoms with Crippen molar-refractivity contribution in [2.45, 2.75) is 103 Å². The van der Waals surface area contributed by atoms with Gasteiger partial charge in [0.2, 0.25) is 0 Å². The zero-order valence-electron chi connectivity index (χ0n) is 20.3. The van der Waals surface area contributed by atoms with E-state index in [2.05, 4.69) is 33.9 Å². The van der Waals surface area contributed by atoms with Gasteiger partial charge in [0.05, 0.1) is 31.3 Å². The Morgan fingerprint density at radius 1 is 1.19 bits per heavy atom. The Kier molecular flexibility index (Phi) is 8.50. The van der Waals surface area contributed by atoms with Gasteiger partial charge in [-0.3, -0.25) is 4.79 Å². The Morgan fingerprint density at radius 2 is 1.81 bits per heavy atom. The first kappa shape index (κ1) is 26.0. The molecule has 1 aromatic rings. The fourth-order valence-electron chi connectivity index (χ4n) is 3.53. The maximum atomic E-state index is 11.8. The number of hydrogen-bond acceptors (Lipinski definition) is 6. The average molecular weight is 453 g/mol. The van der Waals surface area contributed by atoms with Crippen molar-refractivity contribution in [2.75, 3.05) is 6.61 Å². The van der Waals surface area contributed by atoms with Gasteiger partial charge in [-0.05, 0) is 44.5 Å². The highest BCUT2D eigenvalue weighted by atomic mass is 28.4. The zero-order chi connectivity index (χ0) is 23.4. The van der Waals surface area contributed by atoms with Crippen LogP contribution in [0.2, 0.25) is 18.1 Å². The lowest BCUT2D eigenvalue weighted by Gasteiger charge is -2.41. The van der Waals surface area contributed by atoms with E-state index in [1.807, 2.05) is 44.2 Å². The minimum absolute atomic E-state index is 0.0218. The minimum Gasteiger partial charge on any atom is -0.466 e. The van der Waals surface area contributed by atoms with Gasteiger partial charge < -0.3 is 23.7 Å². The van der Waals surface area contributed by atoms with Crippen molar-refractivity contribution in [3.63, 3.8) is 0 Å². The van der Waals surface area contributed by atoms with Crippen LogP contribution in [-0.4, -0.2) is 50.1 Å². The summed E-state index contributed by atoms with van der Waals surface area (Å²) < 4.78 is 24.3. The summed E-state index contributed by atoms with van der Waals surface area (Å²) in [6, 6.07) is 10.0. The molecule has 176 valence electrons. The summed E-state index contributed by atoms with van der Waals surface area (Å²) in [5.74, 6) is -1.23. The molecule has 1 N–H and O–H groups in total. The van der Waals surface area contributed by atoms with Gasteiger partial charge in [-0.1, -0.05) is 51.1 Å². The third kappa shape index (κ3) is 7.12. The number of carbonyl (C=O) groups excluding carboxylic acids is 1. The Hall–Kier alpha value is -1.25. The largest absolute Gasteiger partial charge is 0.466 e. The number of carbonyl (C=O) groups is 1. The molecule has 0 bridgehead atoms. The highest BCUT2D eigenvalue weighted by Gasteiger charge is 2.49. The highest BCUT2D eigenvalue weighted by molar-refractivity contribution is 6.74. The summed E-state index contributed by atoms with van der Waals surface area (Å²) in [5.41, 5.74) is 1.02. The molecule has 0 spiro atoms. The van der Waals surface area contributed by atoms with E-state index < -0.39 is 38.4 Å². The van der Waals surface area contributed by atoms with Crippen LogP contribution in [0.25, 0.3) is 0 Å². The van der Waals surface area contributed by atoms with E-state index in [9.17, 15) is 9.90 Å². The van der Waals surface area contributed by atoms with Gasteiger partial charge in [-0.2, -0.15) is 0 Å². The zero-order valence-corrected chi connectivity index (χ0v) is 21.3. The van der Waals surface area contributed by atoms with E-state index in [0.717, 1.165) is 5.56 Å². The van der Waals surface area contributed by atoms with Crippen LogP contribution in [0.15, 0.2) is 30.3 Å². The number of benzene rings is 1. The second kappa shape index (κ2) is 10.1. The molecule has 0 unspecified atom stereocenters. The molecule has 0 aliphatic carbocycles. The highest BCUT2D eigenvalue weighted by Crippen LogP contribution is 2.45. The number of ether oxygens (including phenoxy) is 3. The summed E-state index contributed by atoms with van der Waals surface area (Å²) in [5, 5.41) is 10.6. The van der Waals surface area contributed by atoms with Crippen molar-refractivity contribution in [3.05, 3.63) is 35.9 Å². The van der Waals surface area contributed by atoms with Crippen molar-refractivity contribution in [1.82, 2.24) is 0 Å². The Morgan fingerprint density at radius 3 is 2.35 bits per heavy atom. The van der Waals surface area contributed by atoms with Crippen LogP contribution in [0.1, 0.15) is 66.1 Å². The molecule has 1 aromatic carbocycles. The van der Waals surface area contributed by atoms with Crippen molar-refractivity contribution in [2.24, 2.45) is 0 Å². The summed E-state index contributed by atoms with van der Waals surface area (Å²) in [6.45, 7) is 16.8. The van der Waals surface area contributed by atoms with Gasteiger partial charge in [-0.25, -0.2) is 0 Å². The molecule has 1 saturated heterocycles. The Balaban J connectivity index is 2.31. The second-order valence-corrected chi connectivity index (χ2v) is 15.0. The van der Waals surface area contributed by atoms with E-state index >= 15 is 0 Å². The number of esters is 1. The lowest BCUT2D eigenvalue weighted by atomic mass is 9.96. The molecule has 1 aliphatic rings. The van der Waals surface area contributed by atoms with Gasteiger partial charge in [0, 0.05) is 6.42 Å². The van der Waals surface area contributed by atoms with Gasteiger partial charge in [-0.15, -0.1) is 0 Å². The Bertz CT molecular complexity index is 713. The SMILES string of the molecule is CCOC(=O)C[C@H](O)C[C@H]1OC(C)(C)O[C@@H]1[C@H](O[Si](C)(C)C(C)(C)C)c1ccccc1. The van der Waals surface area contributed by atoms with Crippen LogP contribution in [0.4, 0.5) is 0 Å². The second-order valence-electron chi connectivity index (χ2n) is 10.2. The molecule has 0 amide bonds. The molecule has 4 atom stereocenters. The lowest BCUT2D eigenvalue weighted by molar-refractivity contribution is -0.156. The molecule has 1 heterocycles. The molecule has 2 rings (SSSR count). The Labute approximate surface area is 188 Å². The standard InChI is InChI=1S/C24H40O6Si/c1-9-27-20(26)16-18(25)15-19-22(29-24(5,6)28-19)21(17-13-11-10-12-14-17)30-31(7,8)23(2,3)4/h10-14,18-19,21-22,25H,9,15-16H2,1-8H3/t18-,19-,21-,22+/m1/s1. The molecule has 0 radical (unpaired) electrons. The van der Waals surface area contributed by atoms with E-state index in [0.29, 0.717) is 6.61 Å². The molecular formula is C24H40O6Si. The maximum Gasteiger partial charge on any atom is 0.308 e. The first-order valence-corrected chi connectivity index (χ1v) is 14.1. The van der Waals surface area contributed by atoms with Crippen molar-refractivity contribution < 1.29 is 28.5 Å². The predicted octanol–water partition coefficient (Wildman–Crippen LogP) is 4.97. The van der Waals surface area contributed by atoms with Crippen LogP contribution in [0.3, 0.4) is 0 Å². The van der Waals surface area contributed by atoms with E-state index in [-0.39, 0.29) is 24.0 Å². The van der Waals surface area contributed by atoms with Crippen LogP contribution < -0.4 is 0 Å². The quantitative estimate of drug-likeness (QED) is 0.421. The third-order valence-corrected chi connectivity index (χ3v) is 10.5. The molecule has 31 heavy (non-hydrogen) atoms. The minimum atomic E-state index is -2.14. The molecule has 1 aliphatic heterocycles. The molecule has 7 heteroatoms. The number of hydrogen-bond donors (Lipinski definition) is 1. The fraction of sp³-hybridized carbons (Fsp3) is 0.708. The average Bonchev–Trinajstić information content (AvgIpc) is 2.93. The van der Waals surface area contributed by atoms with Crippen LogP contribution in [0, 0.1) is 0 Å². The van der Waals surface area contributed by atoms with Gasteiger partial charge in [0.15, 0.2) is 14.1 Å². The predicted molar refractivity (Wildman–Crippen MR) is 123 cm³/mol. The summed E-state index contributed by atoms with van der Waals surface area (Å²) in [4.78, 5) is 11.8.